The first-order valence-corrected chi connectivity index (χ1v) is 3.07. The van der Waals surface area contributed by atoms with E-state index in [0.717, 1.165) is 0 Å². The van der Waals surface area contributed by atoms with Crippen molar-refractivity contribution in [2.24, 2.45) is 5.73 Å². The van der Waals surface area contributed by atoms with E-state index >= 15 is 0 Å². The summed E-state index contributed by atoms with van der Waals surface area (Å²) in [5.74, 6) is -0.617. The minimum Gasteiger partial charge on any atom is -0.332 e. The van der Waals surface area contributed by atoms with Crippen molar-refractivity contribution in [3.8, 4) is 6.07 Å². The molecule has 0 rings (SSSR count). The van der Waals surface area contributed by atoms with Gasteiger partial charge in [-0.05, 0) is 11.6 Å². The summed E-state index contributed by atoms with van der Waals surface area (Å²) in [7, 11) is 0. The molecule has 60 valence electrons. The van der Waals surface area contributed by atoms with E-state index in [9.17, 15) is 9.59 Å². The number of nitrogens with two attached hydrogens (primary N) is 1. The van der Waals surface area contributed by atoms with Crippen molar-refractivity contribution in [2.45, 2.75) is 12.6 Å². The molecule has 5 nitrogen and oxygen atoms in total. The first-order valence-electron chi connectivity index (χ1n) is 2.69. The Kier molecular flexibility index (Phi) is 4.18. The van der Waals surface area contributed by atoms with Crippen LogP contribution in [-0.2, 0) is 9.59 Å². The molecule has 0 aliphatic heterocycles. The Morgan fingerprint density at radius 2 is 2.27 bits per heavy atom. The number of carbonyl (C=O) groups is 2. The molecule has 0 aliphatic rings. The van der Waals surface area contributed by atoms with E-state index in [2.05, 4.69) is 0 Å². The van der Waals surface area contributed by atoms with Gasteiger partial charge in [0, 0.05) is 0 Å². The summed E-state index contributed by atoms with van der Waals surface area (Å²) in [5, 5.41) is 9.17. The maximum absolute atomic E-state index is 10.5. The van der Waals surface area contributed by atoms with Crippen LogP contribution in [0.25, 0.3) is 0 Å². The third-order valence-corrected chi connectivity index (χ3v) is 1.04. The fraction of sp³-hybridized carbons (Fsp3) is 0.400. The molecule has 0 saturated heterocycles. The molecule has 0 saturated carbocycles. The zero-order valence-corrected chi connectivity index (χ0v) is 6.26. The highest BCUT2D eigenvalue weighted by Gasteiger charge is 2.12. The Balaban J connectivity index is 3.77. The molecule has 1 unspecified atom stereocenters. The van der Waals surface area contributed by atoms with Crippen molar-refractivity contribution in [1.29, 1.82) is 5.26 Å². The molecule has 0 aromatic rings. The van der Waals surface area contributed by atoms with Crippen molar-refractivity contribution >= 4 is 22.8 Å². The van der Waals surface area contributed by atoms with E-state index in [-0.39, 0.29) is 6.42 Å². The lowest BCUT2D eigenvalue weighted by Crippen LogP contribution is -2.45. The Morgan fingerprint density at radius 3 is 2.64 bits per heavy atom. The topological polar surface area (TPSA) is 96.0 Å². The largest absolute Gasteiger partial charge is 0.332 e. The van der Waals surface area contributed by atoms with Crippen LogP contribution in [-0.4, -0.2) is 17.3 Å². The normalized spacial score (nSPS) is 11.4. The maximum Gasteiger partial charge on any atom is 0.258 e. The van der Waals surface area contributed by atoms with Gasteiger partial charge >= 0.3 is 0 Å². The van der Waals surface area contributed by atoms with Crippen LogP contribution in [0.3, 0.4) is 0 Å². The number of nitrogens with zero attached hydrogens (tertiary/aromatic N) is 1. The number of nitriles is 1. The Bertz CT molecular complexity index is 210. The van der Waals surface area contributed by atoms with E-state index in [1.165, 1.54) is 0 Å². The summed E-state index contributed by atoms with van der Waals surface area (Å²) in [6.07, 6.45) is -1.56. The number of halogens is 1. The highest BCUT2D eigenvalue weighted by atomic mass is 35.5. The van der Waals surface area contributed by atoms with E-state index < -0.39 is 17.3 Å². The van der Waals surface area contributed by atoms with Crippen molar-refractivity contribution < 1.29 is 9.59 Å². The number of amides is 1. The second-order valence-corrected chi connectivity index (χ2v) is 2.06. The van der Waals surface area contributed by atoms with Gasteiger partial charge in [0.05, 0.1) is 6.07 Å². The Labute approximate surface area is 68.1 Å². The van der Waals surface area contributed by atoms with E-state index in [0.29, 0.717) is 0 Å². The van der Waals surface area contributed by atoms with Gasteiger partial charge in [-0.2, -0.15) is 5.26 Å². The number of carbonyl (C=O) groups excluding carboxylic acids is 2. The molecule has 1 amide bonds. The molecule has 1 atom stereocenters. The highest BCUT2D eigenvalue weighted by molar-refractivity contribution is 6.64. The van der Waals surface area contributed by atoms with E-state index in [4.69, 9.17) is 22.6 Å². The van der Waals surface area contributed by atoms with Gasteiger partial charge in [0.15, 0.2) is 6.17 Å². The van der Waals surface area contributed by atoms with Gasteiger partial charge in [-0.15, -0.1) is 0 Å². The second kappa shape index (κ2) is 4.66. The number of rotatable bonds is 3. The maximum atomic E-state index is 10.5. The SMILES string of the molecule is N#CCC(=O)NC(N)C(=O)Cl. The molecule has 0 fully saturated rings. The zero-order valence-electron chi connectivity index (χ0n) is 5.50. The molecule has 0 heterocycles. The van der Waals surface area contributed by atoms with Crippen LogP contribution in [0.4, 0.5) is 0 Å². The van der Waals surface area contributed by atoms with Crippen LogP contribution in [0.5, 0.6) is 0 Å². The minimum absolute atomic E-state index is 0.335. The lowest BCUT2D eigenvalue weighted by molar-refractivity contribution is -0.124. The summed E-state index contributed by atoms with van der Waals surface area (Å²) in [6.45, 7) is 0. The van der Waals surface area contributed by atoms with Crippen molar-refractivity contribution in [3.05, 3.63) is 0 Å². The lowest BCUT2D eigenvalue weighted by atomic mass is 10.4. The standard InChI is InChI=1S/C5H6ClN3O2/c6-4(11)5(8)9-3(10)1-2-7/h5H,1,8H2,(H,9,10). The molecular weight excluding hydrogens is 170 g/mol. The third-order valence-electron chi connectivity index (χ3n) is 0.801. The van der Waals surface area contributed by atoms with Crippen LogP contribution in [0, 0.1) is 11.3 Å². The number of nitrogens with one attached hydrogen (secondary N) is 1. The highest BCUT2D eigenvalue weighted by Crippen LogP contribution is 1.84. The van der Waals surface area contributed by atoms with Crippen LogP contribution in [0.15, 0.2) is 0 Å². The smallest absolute Gasteiger partial charge is 0.258 e. The quantitative estimate of drug-likeness (QED) is 0.428. The van der Waals surface area contributed by atoms with E-state index in [1.54, 1.807) is 6.07 Å². The number of hydrogen-bond donors (Lipinski definition) is 2. The molecule has 3 N–H and O–H groups in total. The molecular formula is C5H6ClN3O2. The predicted molar refractivity (Wildman–Crippen MR) is 37.2 cm³/mol. The van der Waals surface area contributed by atoms with Gasteiger partial charge in [-0.3, -0.25) is 9.59 Å². The first kappa shape index (κ1) is 9.88. The lowest BCUT2D eigenvalue weighted by Gasteiger charge is -2.05. The molecule has 0 aliphatic carbocycles. The molecule has 0 aromatic carbocycles. The van der Waals surface area contributed by atoms with Crippen molar-refractivity contribution in [3.63, 3.8) is 0 Å². The van der Waals surface area contributed by atoms with E-state index in [1.807, 2.05) is 5.32 Å². The summed E-state index contributed by atoms with van der Waals surface area (Å²) in [6, 6.07) is 1.59. The molecule has 0 aromatic heterocycles. The van der Waals surface area contributed by atoms with Crippen LogP contribution >= 0.6 is 11.6 Å². The van der Waals surface area contributed by atoms with Gasteiger partial charge in [0.25, 0.3) is 5.24 Å². The van der Waals surface area contributed by atoms with Gasteiger partial charge in [0.1, 0.15) is 6.42 Å². The summed E-state index contributed by atoms with van der Waals surface area (Å²) in [5.41, 5.74) is 5.02. The monoisotopic (exact) mass is 175 g/mol. The Morgan fingerprint density at radius 1 is 1.73 bits per heavy atom. The average molecular weight is 176 g/mol. The molecule has 0 radical (unpaired) electrons. The number of hydrogen-bond acceptors (Lipinski definition) is 4. The zero-order chi connectivity index (χ0) is 8.85. The Hall–Kier alpha value is -1.12. The van der Waals surface area contributed by atoms with Crippen LogP contribution in [0.2, 0.25) is 0 Å². The van der Waals surface area contributed by atoms with Crippen molar-refractivity contribution in [2.75, 3.05) is 0 Å². The minimum atomic E-state index is -1.22. The summed E-state index contributed by atoms with van der Waals surface area (Å²) < 4.78 is 0. The second-order valence-electron chi connectivity index (χ2n) is 1.68. The van der Waals surface area contributed by atoms with Gasteiger partial charge < -0.3 is 11.1 Å². The molecule has 0 bridgehead atoms. The van der Waals surface area contributed by atoms with Crippen molar-refractivity contribution in [1.82, 2.24) is 5.32 Å². The fourth-order valence-electron chi connectivity index (χ4n) is 0.353. The molecule has 6 heteroatoms. The predicted octanol–water partition coefficient (Wildman–Crippen LogP) is -0.934. The van der Waals surface area contributed by atoms with Gasteiger partial charge in [-0.25, -0.2) is 0 Å². The summed E-state index contributed by atoms with van der Waals surface area (Å²) in [4.78, 5) is 20.8. The summed E-state index contributed by atoms with van der Waals surface area (Å²) >= 11 is 4.91. The van der Waals surface area contributed by atoms with Gasteiger partial charge in [-0.1, -0.05) is 0 Å². The fourth-order valence-corrected chi connectivity index (χ4v) is 0.408. The van der Waals surface area contributed by atoms with Crippen LogP contribution in [0.1, 0.15) is 6.42 Å². The molecule has 0 spiro atoms. The average Bonchev–Trinajstić information content (AvgIpc) is 1.87. The van der Waals surface area contributed by atoms with Gasteiger partial charge in [0.2, 0.25) is 5.91 Å². The molecule has 11 heavy (non-hydrogen) atoms. The third kappa shape index (κ3) is 4.31. The van der Waals surface area contributed by atoms with Crippen LogP contribution < -0.4 is 11.1 Å². The first-order chi connectivity index (χ1) is 5.07.